The third kappa shape index (κ3) is 6.19. The first-order chi connectivity index (χ1) is 6.93. The molecule has 16 heavy (non-hydrogen) atoms. The first kappa shape index (κ1) is 18.7. The minimum absolute atomic E-state index is 0. The monoisotopic (exact) mass is 304 g/mol. The molecule has 0 N–H and O–H groups in total. The fraction of sp³-hybridized carbons (Fsp3) is 0.727. The Morgan fingerprint density at radius 2 is 1.56 bits per heavy atom. The summed E-state index contributed by atoms with van der Waals surface area (Å²) in [6.45, 7) is 4.74. The summed E-state index contributed by atoms with van der Waals surface area (Å²) in [6.07, 6.45) is 0.608. The SMILES string of the molecule is COC([CH-]C(C)C(OC)C(C)=O)C(C)=O.[Y+3]. The van der Waals surface area contributed by atoms with Gasteiger partial charge in [0.15, 0.2) is 5.78 Å². The number of rotatable bonds is 7. The number of hydrogen-bond donors (Lipinski definition) is 0. The molecule has 0 saturated heterocycles. The average Bonchev–Trinajstić information content (AvgIpc) is 2.14. The van der Waals surface area contributed by atoms with E-state index in [4.69, 9.17) is 9.47 Å². The van der Waals surface area contributed by atoms with Gasteiger partial charge in [0.25, 0.3) is 0 Å². The Bertz CT molecular complexity index is 230. The van der Waals surface area contributed by atoms with Crippen molar-refractivity contribution in [1.29, 1.82) is 0 Å². The smallest absolute Gasteiger partial charge is 0.406 e. The molecular formula is C11H19O4Y+2. The van der Waals surface area contributed by atoms with Gasteiger partial charge in [0.2, 0.25) is 0 Å². The van der Waals surface area contributed by atoms with Crippen LogP contribution in [0.3, 0.4) is 0 Å². The van der Waals surface area contributed by atoms with Crippen molar-refractivity contribution in [1.82, 2.24) is 0 Å². The van der Waals surface area contributed by atoms with Crippen molar-refractivity contribution in [2.75, 3.05) is 14.2 Å². The predicted molar refractivity (Wildman–Crippen MR) is 56.4 cm³/mol. The van der Waals surface area contributed by atoms with Crippen LogP contribution in [0.2, 0.25) is 0 Å². The van der Waals surface area contributed by atoms with E-state index in [0.717, 1.165) is 0 Å². The van der Waals surface area contributed by atoms with E-state index in [1.807, 2.05) is 6.92 Å². The van der Waals surface area contributed by atoms with E-state index >= 15 is 0 Å². The van der Waals surface area contributed by atoms with E-state index in [0.29, 0.717) is 0 Å². The Kier molecular flexibility index (Phi) is 11.0. The largest absolute Gasteiger partial charge is 3.00 e. The van der Waals surface area contributed by atoms with Crippen molar-refractivity contribution >= 4 is 11.6 Å². The van der Waals surface area contributed by atoms with E-state index in [9.17, 15) is 9.59 Å². The second kappa shape index (κ2) is 9.40. The molecule has 0 aliphatic carbocycles. The van der Waals surface area contributed by atoms with Crippen LogP contribution in [0, 0.1) is 12.3 Å². The molecule has 3 unspecified atom stereocenters. The van der Waals surface area contributed by atoms with Crippen molar-refractivity contribution in [2.45, 2.75) is 33.0 Å². The van der Waals surface area contributed by atoms with Crippen LogP contribution in [0.4, 0.5) is 0 Å². The minimum Gasteiger partial charge on any atom is -0.406 e. The number of Topliss-reactive ketones (excluding diaryl/α,β-unsaturated/α-hetero) is 2. The number of ether oxygens (including phenoxy) is 2. The first-order valence-corrected chi connectivity index (χ1v) is 4.85. The summed E-state index contributed by atoms with van der Waals surface area (Å²) in [7, 11) is 2.94. The summed E-state index contributed by atoms with van der Waals surface area (Å²) in [5.74, 6) is -0.288. The Hall–Kier alpha value is 0.364. The van der Waals surface area contributed by atoms with E-state index in [1.54, 1.807) is 6.42 Å². The molecule has 0 rings (SSSR count). The normalized spacial score (nSPS) is 15.8. The second-order valence-corrected chi connectivity index (χ2v) is 3.59. The molecule has 88 valence electrons. The summed E-state index contributed by atoms with van der Waals surface area (Å²) in [5, 5.41) is 0. The molecule has 0 aromatic rings. The average molecular weight is 304 g/mol. The van der Waals surface area contributed by atoms with Gasteiger partial charge in [-0.3, -0.25) is 11.2 Å². The van der Waals surface area contributed by atoms with E-state index in [1.165, 1.54) is 28.1 Å². The summed E-state index contributed by atoms with van der Waals surface area (Å²) < 4.78 is 10.0. The first-order valence-electron chi connectivity index (χ1n) is 4.85. The molecule has 0 aromatic carbocycles. The molecule has 0 amide bonds. The number of hydrogen-bond acceptors (Lipinski definition) is 4. The minimum atomic E-state index is -0.572. The summed E-state index contributed by atoms with van der Waals surface area (Å²) >= 11 is 0. The van der Waals surface area contributed by atoms with Gasteiger partial charge in [0.05, 0.1) is 6.10 Å². The molecule has 0 spiro atoms. The molecular weight excluding hydrogens is 285 g/mol. The topological polar surface area (TPSA) is 52.6 Å². The van der Waals surface area contributed by atoms with Crippen LogP contribution in [0.5, 0.6) is 0 Å². The van der Waals surface area contributed by atoms with Crippen LogP contribution in [0.1, 0.15) is 20.8 Å². The zero-order valence-electron chi connectivity index (χ0n) is 10.5. The van der Waals surface area contributed by atoms with Crippen molar-refractivity contribution in [2.24, 2.45) is 5.92 Å². The molecule has 0 heterocycles. The maximum absolute atomic E-state index is 11.2. The van der Waals surface area contributed by atoms with Crippen LogP contribution >= 0.6 is 0 Å². The number of carbonyl (C=O) groups is 2. The van der Waals surface area contributed by atoms with E-state index in [2.05, 4.69) is 0 Å². The van der Waals surface area contributed by atoms with Gasteiger partial charge >= 0.3 is 32.7 Å². The Morgan fingerprint density at radius 1 is 1.06 bits per heavy atom. The summed E-state index contributed by atoms with van der Waals surface area (Å²) in [5.41, 5.74) is 0. The van der Waals surface area contributed by atoms with Crippen molar-refractivity contribution in [3.05, 3.63) is 6.42 Å². The van der Waals surface area contributed by atoms with Crippen molar-refractivity contribution in [3.8, 4) is 0 Å². The summed E-state index contributed by atoms with van der Waals surface area (Å²) in [6, 6.07) is 0. The van der Waals surface area contributed by atoms with Crippen molar-refractivity contribution in [3.63, 3.8) is 0 Å². The van der Waals surface area contributed by atoms with Crippen LogP contribution in [0.15, 0.2) is 0 Å². The van der Waals surface area contributed by atoms with Gasteiger partial charge in [0.1, 0.15) is 5.78 Å². The zero-order valence-corrected chi connectivity index (χ0v) is 13.4. The fourth-order valence-corrected chi connectivity index (χ4v) is 1.51. The molecule has 0 aliphatic heterocycles. The third-order valence-corrected chi connectivity index (χ3v) is 2.27. The Morgan fingerprint density at radius 3 is 1.81 bits per heavy atom. The molecule has 0 bridgehead atoms. The second-order valence-electron chi connectivity index (χ2n) is 3.59. The molecule has 0 radical (unpaired) electrons. The van der Waals surface area contributed by atoms with Crippen molar-refractivity contribution < 1.29 is 51.8 Å². The zero-order chi connectivity index (χ0) is 12.0. The molecule has 0 aromatic heterocycles. The number of carbonyl (C=O) groups excluding carboxylic acids is 2. The van der Waals surface area contributed by atoms with E-state index < -0.39 is 12.2 Å². The number of methoxy groups -OCH3 is 2. The molecule has 0 aliphatic rings. The predicted octanol–water partition coefficient (Wildman–Crippen LogP) is 1.03. The van der Waals surface area contributed by atoms with Gasteiger partial charge in [-0.15, -0.1) is 5.92 Å². The Labute approximate surface area is 122 Å². The van der Waals surface area contributed by atoms with Gasteiger partial charge in [-0.25, -0.2) is 0 Å². The van der Waals surface area contributed by atoms with Crippen LogP contribution in [-0.2, 0) is 51.8 Å². The standard InChI is InChI=1S/C11H19O4.Y/c1-7(11(15-5)9(3)13)6-10(14-4)8(2)12;/h6-7,10-11H,1-5H3;/q-1;+3. The molecule has 5 heteroatoms. The van der Waals surface area contributed by atoms with Crippen LogP contribution in [-0.4, -0.2) is 38.0 Å². The van der Waals surface area contributed by atoms with E-state index in [-0.39, 0.29) is 50.2 Å². The van der Waals surface area contributed by atoms with Crippen LogP contribution in [0.25, 0.3) is 0 Å². The fourth-order valence-electron chi connectivity index (χ4n) is 1.51. The van der Waals surface area contributed by atoms with Gasteiger partial charge < -0.3 is 14.3 Å². The maximum atomic E-state index is 11.2. The quantitative estimate of drug-likeness (QED) is 0.659. The van der Waals surface area contributed by atoms with Gasteiger partial charge in [-0.2, -0.15) is 0 Å². The molecule has 0 fully saturated rings. The molecule has 4 nitrogen and oxygen atoms in total. The number of ketones is 2. The maximum Gasteiger partial charge on any atom is 3.00 e. The third-order valence-electron chi connectivity index (χ3n) is 2.27. The molecule has 0 saturated carbocycles. The van der Waals surface area contributed by atoms with Gasteiger partial charge in [-0.05, 0) is 20.0 Å². The summed E-state index contributed by atoms with van der Waals surface area (Å²) in [4.78, 5) is 22.3. The Balaban J connectivity index is 0. The molecule has 3 atom stereocenters. The van der Waals surface area contributed by atoms with Gasteiger partial charge in [0, 0.05) is 14.2 Å². The van der Waals surface area contributed by atoms with Gasteiger partial charge in [-0.1, -0.05) is 6.92 Å². The van der Waals surface area contributed by atoms with Crippen LogP contribution < -0.4 is 0 Å².